The summed E-state index contributed by atoms with van der Waals surface area (Å²) in [4.78, 5) is 27.3. The number of aryl methyl sites for hydroxylation is 1. The third kappa shape index (κ3) is 3.25. The Morgan fingerprint density at radius 2 is 1.74 bits per heavy atom. The van der Waals surface area contributed by atoms with E-state index in [-0.39, 0.29) is 11.2 Å². The van der Waals surface area contributed by atoms with Crippen molar-refractivity contribution in [2.24, 2.45) is 0 Å². The van der Waals surface area contributed by atoms with E-state index in [1.807, 2.05) is 31.2 Å². The topological polar surface area (TPSA) is 74.8 Å². The normalized spacial score (nSPS) is 11.7. The van der Waals surface area contributed by atoms with E-state index >= 15 is 0 Å². The molecule has 0 radical (unpaired) electrons. The maximum atomic E-state index is 14.7. The van der Waals surface area contributed by atoms with E-state index in [0.29, 0.717) is 59.4 Å². The monoisotopic (exact) mass is 417 g/mol. The second-order valence-electron chi connectivity index (χ2n) is 7.16. The minimum atomic E-state index is -0.432. The van der Waals surface area contributed by atoms with E-state index in [2.05, 4.69) is 4.98 Å². The first-order chi connectivity index (χ1) is 15.2. The van der Waals surface area contributed by atoms with Crippen molar-refractivity contribution in [1.29, 1.82) is 0 Å². The van der Waals surface area contributed by atoms with Crippen LogP contribution < -0.4 is 5.56 Å². The summed E-state index contributed by atoms with van der Waals surface area (Å²) < 4.78 is 23.2. The summed E-state index contributed by atoms with van der Waals surface area (Å²) >= 11 is 0. The Morgan fingerprint density at radius 1 is 1.00 bits per heavy atom. The third-order valence-corrected chi connectivity index (χ3v) is 5.22. The molecule has 0 N–H and O–H groups in total. The van der Waals surface area contributed by atoms with Gasteiger partial charge in [0.05, 0.1) is 23.0 Å². The van der Waals surface area contributed by atoms with Crippen LogP contribution >= 0.6 is 0 Å². The molecule has 0 amide bonds. The van der Waals surface area contributed by atoms with Crippen molar-refractivity contribution in [2.75, 3.05) is 13.2 Å². The highest BCUT2D eigenvalue weighted by Gasteiger charge is 2.22. The molecular formula is C23H20FN5O2. The second kappa shape index (κ2) is 7.88. The van der Waals surface area contributed by atoms with Crippen molar-refractivity contribution < 1.29 is 9.13 Å². The van der Waals surface area contributed by atoms with Crippen LogP contribution in [0.2, 0.25) is 0 Å². The van der Waals surface area contributed by atoms with E-state index in [1.165, 1.54) is 12.4 Å². The molecule has 0 saturated heterocycles. The summed E-state index contributed by atoms with van der Waals surface area (Å²) in [5, 5.41) is 0.329. The van der Waals surface area contributed by atoms with E-state index < -0.39 is 5.82 Å². The van der Waals surface area contributed by atoms with Gasteiger partial charge in [-0.2, -0.15) is 0 Å². The summed E-state index contributed by atoms with van der Waals surface area (Å²) in [7, 11) is 0. The third-order valence-electron chi connectivity index (χ3n) is 5.22. The van der Waals surface area contributed by atoms with Gasteiger partial charge in [-0.3, -0.25) is 13.9 Å². The van der Waals surface area contributed by atoms with Crippen molar-refractivity contribution in [1.82, 2.24) is 24.1 Å². The molecule has 0 atom stereocenters. The molecular weight excluding hydrogens is 397 g/mol. The Morgan fingerprint density at radius 3 is 2.52 bits per heavy atom. The molecule has 2 aromatic carbocycles. The minimum Gasteiger partial charge on any atom is -0.382 e. The van der Waals surface area contributed by atoms with E-state index in [9.17, 15) is 9.18 Å². The van der Waals surface area contributed by atoms with E-state index in [4.69, 9.17) is 14.7 Å². The van der Waals surface area contributed by atoms with Crippen LogP contribution in [0, 0.1) is 5.82 Å². The number of hydrogen-bond acceptors (Lipinski definition) is 5. The predicted octanol–water partition coefficient (Wildman–Crippen LogP) is 3.85. The Hall–Kier alpha value is -3.65. The number of ether oxygens (including phenoxy) is 1. The lowest BCUT2D eigenvalue weighted by Crippen LogP contribution is -2.21. The van der Waals surface area contributed by atoms with Gasteiger partial charge < -0.3 is 4.74 Å². The quantitative estimate of drug-likeness (QED) is 0.392. The molecule has 31 heavy (non-hydrogen) atoms. The molecule has 0 aliphatic carbocycles. The SMILES string of the molecule is CCOCCCn1cnc2c(c1=O)c1nc3ccccc3nc1n2-c1ccccc1F. The first-order valence-corrected chi connectivity index (χ1v) is 10.2. The number of nitrogens with zero attached hydrogens (tertiary/aromatic N) is 5. The average molecular weight is 417 g/mol. The first-order valence-electron chi connectivity index (χ1n) is 10.2. The van der Waals surface area contributed by atoms with E-state index in [0.717, 1.165) is 0 Å². The van der Waals surface area contributed by atoms with Crippen molar-refractivity contribution in [3.05, 3.63) is 71.0 Å². The van der Waals surface area contributed by atoms with Gasteiger partial charge in [0.15, 0.2) is 11.3 Å². The van der Waals surface area contributed by atoms with Crippen LogP contribution in [0.25, 0.3) is 38.9 Å². The Labute approximate surface area is 176 Å². The van der Waals surface area contributed by atoms with Gasteiger partial charge in [0.25, 0.3) is 5.56 Å². The lowest BCUT2D eigenvalue weighted by atomic mass is 10.3. The summed E-state index contributed by atoms with van der Waals surface area (Å²) in [6.45, 7) is 3.59. The van der Waals surface area contributed by atoms with Gasteiger partial charge in [-0.15, -0.1) is 0 Å². The number of benzene rings is 2. The molecule has 0 fully saturated rings. The fourth-order valence-electron chi connectivity index (χ4n) is 3.77. The molecule has 156 valence electrons. The molecule has 0 bridgehead atoms. The molecule has 0 aliphatic rings. The largest absolute Gasteiger partial charge is 0.382 e. The molecule has 3 heterocycles. The molecule has 8 heteroatoms. The number of fused-ring (bicyclic) bond motifs is 4. The number of rotatable bonds is 6. The highest BCUT2D eigenvalue weighted by molar-refractivity contribution is 6.05. The van der Waals surface area contributed by atoms with Gasteiger partial charge in [0, 0.05) is 19.8 Å². The highest BCUT2D eigenvalue weighted by atomic mass is 19.1. The average Bonchev–Trinajstić information content (AvgIpc) is 3.10. The van der Waals surface area contributed by atoms with Crippen LogP contribution in [-0.2, 0) is 11.3 Å². The zero-order valence-corrected chi connectivity index (χ0v) is 17.0. The lowest BCUT2D eigenvalue weighted by molar-refractivity contribution is 0.141. The van der Waals surface area contributed by atoms with E-state index in [1.54, 1.807) is 27.3 Å². The van der Waals surface area contributed by atoms with Gasteiger partial charge in [0.2, 0.25) is 0 Å². The summed E-state index contributed by atoms with van der Waals surface area (Å²) in [5.41, 5.74) is 2.51. The lowest BCUT2D eigenvalue weighted by Gasteiger charge is -2.08. The highest BCUT2D eigenvalue weighted by Crippen LogP contribution is 2.29. The molecule has 0 unspecified atom stereocenters. The van der Waals surface area contributed by atoms with Gasteiger partial charge in [-0.05, 0) is 37.6 Å². The summed E-state index contributed by atoms with van der Waals surface area (Å²) in [5.74, 6) is -0.432. The fraction of sp³-hybridized carbons (Fsp3) is 0.217. The zero-order chi connectivity index (χ0) is 21.4. The number of halogens is 1. The number of aromatic nitrogens is 5. The molecule has 5 rings (SSSR count). The predicted molar refractivity (Wildman–Crippen MR) is 117 cm³/mol. The molecule has 0 spiro atoms. The van der Waals surface area contributed by atoms with Crippen LogP contribution in [0.3, 0.4) is 0 Å². The van der Waals surface area contributed by atoms with Crippen LogP contribution in [0.15, 0.2) is 59.7 Å². The fourth-order valence-corrected chi connectivity index (χ4v) is 3.77. The van der Waals surface area contributed by atoms with Gasteiger partial charge >= 0.3 is 0 Å². The number of para-hydroxylation sites is 3. The van der Waals surface area contributed by atoms with Crippen molar-refractivity contribution in [3.63, 3.8) is 0 Å². The van der Waals surface area contributed by atoms with Crippen LogP contribution in [0.1, 0.15) is 13.3 Å². The molecule has 0 aliphatic heterocycles. The van der Waals surface area contributed by atoms with Crippen molar-refractivity contribution in [3.8, 4) is 5.69 Å². The molecule has 5 aromatic rings. The standard InChI is InChI=1S/C23H20FN5O2/c1-2-31-13-7-12-28-14-25-21-19(23(28)30)20-22(27-17-10-5-4-9-16(17)26-20)29(21)18-11-6-3-8-15(18)24/h3-6,8-11,14H,2,7,12-13H2,1H3. The number of hydrogen-bond donors (Lipinski definition) is 0. The van der Waals surface area contributed by atoms with Crippen molar-refractivity contribution in [2.45, 2.75) is 19.9 Å². The summed E-state index contributed by atoms with van der Waals surface area (Å²) in [6, 6.07) is 13.8. The smallest absolute Gasteiger partial charge is 0.265 e. The minimum absolute atomic E-state index is 0.230. The molecule has 7 nitrogen and oxygen atoms in total. The Bertz CT molecular complexity index is 1470. The first kappa shape index (κ1) is 19.3. The maximum Gasteiger partial charge on any atom is 0.265 e. The van der Waals surface area contributed by atoms with Gasteiger partial charge in [0.1, 0.15) is 16.7 Å². The van der Waals surface area contributed by atoms with Crippen LogP contribution in [0.5, 0.6) is 0 Å². The molecule has 0 saturated carbocycles. The van der Waals surface area contributed by atoms with Gasteiger partial charge in [-0.1, -0.05) is 24.3 Å². The Balaban J connectivity index is 1.82. The zero-order valence-electron chi connectivity index (χ0n) is 17.0. The van der Waals surface area contributed by atoms with Crippen molar-refractivity contribution >= 4 is 33.2 Å². The van der Waals surface area contributed by atoms with Gasteiger partial charge in [-0.25, -0.2) is 19.3 Å². The Kier molecular flexibility index (Phi) is 4.91. The maximum absolute atomic E-state index is 14.7. The second-order valence-corrected chi connectivity index (χ2v) is 7.16. The summed E-state index contributed by atoms with van der Waals surface area (Å²) in [6.07, 6.45) is 2.17. The molecule has 3 aromatic heterocycles. The van der Waals surface area contributed by atoms with Crippen LogP contribution in [-0.4, -0.2) is 37.3 Å². The van der Waals surface area contributed by atoms with Crippen LogP contribution in [0.4, 0.5) is 4.39 Å².